The minimum absolute atomic E-state index is 0.0536. The third-order valence-electron chi connectivity index (χ3n) is 5.10. The smallest absolute Gasteiger partial charge is 0.262 e. The van der Waals surface area contributed by atoms with Gasteiger partial charge in [-0.15, -0.1) is 10.2 Å². The van der Waals surface area contributed by atoms with Gasteiger partial charge in [0.2, 0.25) is 11.7 Å². The SMILES string of the molecule is CC(C)CCn1c(=O)c2ccccc2n2c(SCC(=O)N3CCOCC3)nnc12. The Kier molecular flexibility index (Phi) is 5.86. The zero-order valence-electron chi connectivity index (χ0n) is 16.7. The number of aromatic nitrogens is 4. The van der Waals surface area contributed by atoms with Crippen molar-refractivity contribution in [3.05, 3.63) is 34.6 Å². The summed E-state index contributed by atoms with van der Waals surface area (Å²) >= 11 is 1.35. The first-order valence-electron chi connectivity index (χ1n) is 9.91. The fourth-order valence-corrected chi connectivity index (χ4v) is 4.29. The van der Waals surface area contributed by atoms with Crippen LogP contribution in [0.3, 0.4) is 0 Å². The number of morpholine rings is 1. The fraction of sp³-hybridized carbons (Fsp3) is 0.500. The van der Waals surface area contributed by atoms with Crippen molar-refractivity contribution in [2.75, 3.05) is 32.1 Å². The number of carbonyl (C=O) groups excluding carboxylic acids is 1. The standard InChI is InChI=1S/C20H25N5O3S/c1-14(2)7-8-24-18(27)15-5-3-4-6-16(15)25-19(24)21-22-20(25)29-13-17(26)23-9-11-28-12-10-23/h3-6,14H,7-13H2,1-2H3. The lowest BCUT2D eigenvalue weighted by Crippen LogP contribution is -2.41. The van der Waals surface area contributed by atoms with E-state index >= 15 is 0 Å². The highest BCUT2D eigenvalue weighted by Crippen LogP contribution is 2.22. The van der Waals surface area contributed by atoms with Crippen molar-refractivity contribution >= 4 is 34.3 Å². The number of rotatable bonds is 6. The Morgan fingerprint density at radius 2 is 1.97 bits per heavy atom. The van der Waals surface area contributed by atoms with E-state index in [2.05, 4.69) is 24.0 Å². The molecule has 0 aliphatic carbocycles. The number of hydrogen-bond donors (Lipinski definition) is 0. The fourth-order valence-electron chi connectivity index (χ4n) is 3.45. The molecule has 3 aromatic rings. The molecule has 0 atom stereocenters. The second kappa shape index (κ2) is 8.54. The number of ether oxygens (including phenoxy) is 1. The van der Waals surface area contributed by atoms with Gasteiger partial charge in [-0.2, -0.15) is 0 Å². The van der Waals surface area contributed by atoms with Gasteiger partial charge in [0.05, 0.1) is 29.9 Å². The van der Waals surface area contributed by atoms with Gasteiger partial charge in [-0.3, -0.25) is 18.6 Å². The van der Waals surface area contributed by atoms with Crippen molar-refractivity contribution in [1.29, 1.82) is 0 Å². The predicted octanol–water partition coefficient (Wildman–Crippen LogP) is 2.04. The van der Waals surface area contributed by atoms with Gasteiger partial charge in [-0.25, -0.2) is 0 Å². The summed E-state index contributed by atoms with van der Waals surface area (Å²) in [7, 11) is 0. The minimum Gasteiger partial charge on any atom is -0.378 e. The Balaban J connectivity index is 1.70. The van der Waals surface area contributed by atoms with E-state index in [4.69, 9.17) is 4.74 Å². The van der Waals surface area contributed by atoms with Crippen molar-refractivity contribution in [2.45, 2.75) is 32.0 Å². The summed E-state index contributed by atoms with van der Waals surface area (Å²) in [6, 6.07) is 7.48. The first kappa shape index (κ1) is 19.9. The molecule has 0 bridgehead atoms. The molecule has 0 unspecified atom stereocenters. The highest BCUT2D eigenvalue weighted by atomic mass is 32.2. The van der Waals surface area contributed by atoms with E-state index in [1.165, 1.54) is 11.8 Å². The maximum atomic E-state index is 13.0. The number of para-hydroxylation sites is 1. The van der Waals surface area contributed by atoms with E-state index in [1.54, 1.807) is 4.57 Å². The maximum Gasteiger partial charge on any atom is 0.262 e. The van der Waals surface area contributed by atoms with Crippen LogP contribution in [0.1, 0.15) is 20.3 Å². The molecule has 0 spiro atoms. The molecule has 0 radical (unpaired) electrons. The largest absolute Gasteiger partial charge is 0.378 e. The molecular formula is C20H25N5O3S. The lowest BCUT2D eigenvalue weighted by atomic mass is 10.1. The molecule has 9 heteroatoms. The normalized spacial score (nSPS) is 14.9. The second-order valence-electron chi connectivity index (χ2n) is 7.56. The number of hydrogen-bond acceptors (Lipinski definition) is 6. The van der Waals surface area contributed by atoms with Crippen LogP contribution in [0.15, 0.2) is 34.2 Å². The molecule has 0 N–H and O–H groups in total. The van der Waals surface area contributed by atoms with Crippen LogP contribution in [0.25, 0.3) is 16.7 Å². The summed E-state index contributed by atoms with van der Waals surface area (Å²) in [6.07, 6.45) is 0.874. The van der Waals surface area contributed by atoms with Crippen LogP contribution >= 0.6 is 11.8 Å². The summed E-state index contributed by atoms with van der Waals surface area (Å²) in [5.41, 5.74) is 0.710. The van der Waals surface area contributed by atoms with Crippen molar-refractivity contribution in [1.82, 2.24) is 24.1 Å². The minimum atomic E-state index is -0.0536. The molecule has 4 rings (SSSR count). The Bertz CT molecular complexity index is 1080. The average molecular weight is 416 g/mol. The first-order chi connectivity index (χ1) is 14.1. The molecule has 8 nitrogen and oxygen atoms in total. The first-order valence-corrected chi connectivity index (χ1v) is 10.9. The van der Waals surface area contributed by atoms with E-state index in [9.17, 15) is 9.59 Å². The average Bonchev–Trinajstić information content (AvgIpc) is 3.16. The van der Waals surface area contributed by atoms with Gasteiger partial charge in [0.1, 0.15) is 0 Å². The summed E-state index contributed by atoms with van der Waals surface area (Å²) < 4.78 is 8.91. The quantitative estimate of drug-likeness (QED) is 0.573. The van der Waals surface area contributed by atoms with Crippen LogP contribution in [0.4, 0.5) is 0 Å². The summed E-state index contributed by atoms with van der Waals surface area (Å²) in [5, 5.41) is 9.87. The summed E-state index contributed by atoms with van der Waals surface area (Å²) in [6.45, 7) is 7.25. The second-order valence-corrected chi connectivity index (χ2v) is 8.50. The van der Waals surface area contributed by atoms with E-state index in [0.717, 1.165) is 11.9 Å². The van der Waals surface area contributed by atoms with Crippen molar-refractivity contribution in [3.63, 3.8) is 0 Å². The monoisotopic (exact) mass is 415 g/mol. The van der Waals surface area contributed by atoms with Crippen molar-refractivity contribution in [2.24, 2.45) is 5.92 Å². The number of amides is 1. The molecule has 1 saturated heterocycles. The molecule has 1 aromatic carbocycles. The number of benzene rings is 1. The van der Waals surface area contributed by atoms with Gasteiger partial charge in [-0.05, 0) is 24.5 Å². The number of aryl methyl sites for hydroxylation is 1. The Hall–Kier alpha value is -2.39. The molecule has 154 valence electrons. The molecule has 1 amide bonds. The number of nitrogens with zero attached hydrogens (tertiary/aromatic N) is 5. The highest BCUT2D eigenvalue weighted by molar-refractivity contribution is 7.99. The topological polar surface area (TPSA) is 81.7 Å². The predicted molar refractivity (Wildman–Crippen MR) is 112 cm³/mol. The van der Waals surface area contributed by atoms with Crippen LogP contribution in [-0.2, 0) is 16.1 Å². The number of carbonyl (C=O) groups is 1. The van der Waals surface area contributed by atoms with Crippen molar-refractivity contribution < 1.29 is 9.53 Å². The van der Waals surface area contributed by atoms with Crippen molar-refractivity contribution in [3.8, 4) is 0 Å². The number of thioether (sulfide) groups is 1. The van der Waals surface area contributed by atoms with Crippen LogP contribution in [-0.4, -0.2) is 62.0 Å². The molecule has 1 aliphatic heterocycles. The third kappa shape index (κ3) is 4.02. The Morgan fingerprint density at radius 3 is 2.72 bits per heavy atom. The zero-order chi connectivity index (χ0) is 20.4. The van der Waals surface area contributed by atoms with Gasteiger partial charge in [0.25, 0.3) is 5.56 Å². The Morgan fingerprint density at radius 1 is 1.21 bits per heavy atom. The van der Waals surface area contributed by atoms with Crippen LogP contribution in [0.2, 0.25) is 0 Å². The molecule has 0 saturated carbocycles. The maximum absolute atomic E-state index is 13.0. The Labute approximate surface area is 172 Å². The van der Waals surface area contributed by atoms with Gasteiger partial charge < -0.3 is 9.64 Å². The van der Waals surface area contributed by atoms with Crippen LogP contribution in [0.5, 0.6) is 0 Å². The van der Waals surface area contributed by atoms with E-state index < -0.39 is 0 Å². The number of fused-ring (bicyclic) bond motifs is 3. The summed E-state index contributed by atoms with van der Waals surface area (Å²) in [4.78, 5) is 27.4. The lowest BCUT2D eigenvalue weighted by Gasteiger charge is -2.26. The molecular weight excluding hydrogens is 390 g/mol. The lowest BCUT2D eigenvalue weighted by molar-refractivity contribution is -0.132. The van der Waals surface area contributed by atoms with Gasteiger partial charge in [-0.1, -0.05) is 37.7 Å². The van der Waals surface area contributed by atoms with Gasteiger partial charge in [0.15, 0.2) is 5.16 Å². The molecule has 29 heavy (non-hydrogen) atoms. The molecule has 2 aromatic heterocycles. The van der Waals surface area contributed by atoms with E-state index in [0.29, 0.717) is 55.1 Å². The summed E-state index contributed by atoms with van der Waals surface area (Å²) in [5.74, 6) is 1.33. The third-order valence-corrected chi connectivity index (χ3v) is 6.01. The van der Waals surface area contributed by atoms with E-state index in [1.807, 2.05) is 33.6 Å². The van der Waals surface area contributed by atoms with Gasteiger partial charge >= 0.3 is 0 Å². The van der Waals surface area contributed by atoms with E-state index in [-0.39, 0.29) is 17.2 Å². The van der Waals surface area contributed by atoms with Gasteiger partial charge in [0, 0.05) is 19.6 Å². The zero-order valence-corrected chi connectivity index (χ0v) is 17.5. The highest BCUT2D eigenvalue weighted by Gasteiger charge is 2.20. The molecule has 1 fully saturated rings. The molecule has 1 aliphatic rings. The van der Waals surface area contributed by atoms with Crippen LogP contribution < -0.4 is 5.56 Å². The van der Waals surface area contributed by atoms with Crippen LogP contribution in [0, 0.1) is 5.92 Å². The molecule has 3 heterocycles.